The Balaban J connectivity index is 1.85. The number of rotatable bonds is 6. The van der Waals surface area contributed by atoms with Crippen LogP contribution >= 0.6 is 11.3 Å². The van der Waals surface area contributed by atoms with Crippen molar-refractivity contribution in [1.82, 2.24) is 10.7 Å². The minimum absolute atomic E-state index is 0.260. The minimum atomic E-state index is -0.731. The number of phenols is 1. The van der Waals surface area contributed by atoms with Crippen LogP contribution < -0.4 is 10.7 Å². The predicted molar refractivity (Wildman–Crippen MR) is 87.2 cm³/mol. The molecule has 2 rings (SSSR count). The molecule has 1 aromatic heterocycles. The Labute approximate surface area is 139 Å². The number of benzene rings is 1. The zero-order chi connectivity index (χ0) is 17.5. The maximum atomic E-state index is 11.6. The number of hydrazone groups is 1. The number of nitro groups is 1. The van der Waals surface area contributed by atoms with Crippen LogP contribution in [0.3, 0.4) is 0 Å². The third kappa shape index (κ3) is 4.61. The number of nitro benzene ring substituents is 1. The molecule has 0 aliphatic rings. The molecule has 0 atom stereocenters. The lowest BCUT2D eigenvalue weighted by Crippen LogP contribution is -2.34. The lowest BCUT2D eigenvalue weighted by molar-refractivity contribution is -0.385. The molecule has 0 spiro atoms. The molecule has 9 nitrogen and oxygen atoms in total. The molecule has 2 aromatic rings. The molecule has 0 fully saturated rings. The van der Waals surface area contributed by atoms with E-state index in [1.54, 1.807) is 17.5 Å². The van der Waals surface area contributed by atoms with Crippen LogP contribution in [0.2, 0.25) is 0 Å². The van der Waals surface area contributed by atoms with E-state index in [2.05, 4.69) is 15.8 Å². The highest BCUT2D eigenvalue weighted by atomic mass is 32.1. The van der Waals surface area contributed by atoms with E-state index in [9.17, 15) is 24.8 Å². The van der Waals surface area contributed by atoms with Gasteiger partial charge in [0.2, 0.25) is 0 Å². The van der Waals surface area contributed by atoms with Gasteiger partial charge < -0.3 is 10.4 Å². The smallest absolute Gasteiger partial charge is 0.311 e. The number of hydrogen-bond acceptors (Lipinski definition) is 7. The maximum absolute atomic E-state index is 11.6. The molecule has 0 bridgehead atoms. The van der Waals surface area contributed by atoms with Crippen molar-refractivity contribution in [2.75, 3.05) is 6.54 Å². The Bertz CT molecular complexity index is 788. The molecular formula is C14H12N4O5S. The van der Waals surface area contributed by atoms with Crippen molar-refractivity contribution >= 4 is 35.1 Å². The maximum Gasteiger partial charge on any atom is 0.311 e. The Kier molecular flexibility index (Phi) is 5.58. The highest BCUT2D eigenvalue weighted by molar-refractivity contribution is 7.12. The molecule has 0 aliphatic heterocycles. The van der Waals surface area contributed by atoms with Gasteiger partial charge in [0.25, 0.3) is 11.8 Å². The first-order chi connectivity index (χ1) is 11.5. The first-order valence-corrected chi connectivity index (χ1v) is 7.46. The first kappa shape index (κ1) is 17.1. The standard InChI is InChI=1S/C14H12N4O5S/c19-11-4-3-9(6-10(11)18(22)23)7-16-17-13(20)8-15-14(21)12-2-1-5-24-12/h1-7,19H,8H2,(H,15,21)(H,17,20)/b16-7+. The number of nitrogens with zero attached hydrogens (tertiary/aromatic N) is 2. The summed E-state index contributed by atoms with van der Waals surface area (Å²) in [5.41, 5.74) is 2.04. The van der Waals surface area contributed by atoms with Crippen molar-refractivity contribution in [2.24, 2.45) is 5.10 Å². The SMILES string of the molecule is O=C(CNC(=O)c1cccs1)N/N=C/c1ccc(O)c([N+](=O)[O-])c1. The molecule has 124 valence electrons. The van der Waals surface area contributed by atoms with Crippen molar-refractivity contribution in [2.45, 2.75) is 0 Å². The van der Waals surface area contributed by atoms with E-state index in [1.807, 2.05) is 0 Å². The van der Waals surface area contributed by atoms with Crippen molar-refractivity contribution in [3.63, 3.8) is 0 Å². The van der Waals surface area contributed by atoms with E-state index in [-0.39, 0.29) is 12.5 Å². The molecule has 0 aliphatic carbocycles. The lowest BCUT2D eigenvalue weighted by Gasteiger charge is -2.02. The van der Waals surface area contributed by atoms with Gasteiger partial charge in [-0.1, -0.05) is 6.07 Å². The highest BCUT2D eigenvalue weighted by Crippen LogP contribution is 2.25. The third-order valence-electron chi connectivity index (χ3n) is 2.75. The molecule has 3 N–H and O–H groups in total. The van der Waals surface area contributed by atoms with Crippen molar-refractivity contribution in [1.29, 1.82) is 0 Å². The van der Waals surface area contributed by atoms with Crippen molar-refractivity contribution in [3.05, 3.63) is 56.3 Å². The molecule has 0 radical (unpaired) electrons. The Morgan fingerprint density at radius 2 is 2.17 bits per heavy atom. The summed E-state index contributed by atoms with van der Waals surface area (Å²) in [4.78, 5) is 33.6. The second-order valence-corrected chi connectivity index (χ2v) is 5.41. The summed E-state index contributed by atoms with van der Waals surface area (Å²) >= 11 is 1.25. The zero-order valence-corrected chi connectivity index (χ0v) is 12.9. The monoisotopic (exact) mass is 348 g/mol. The summed E-state index contributed by atoms with van der Waals surface area (Å²) in [6, 6.07) is 7.03. The summed E-state index contributed by atoms with van der Waals surface area (Å²) < 4.78 is 0. The number of carbonyl (C=O) groups is 2. The quantitative estimate of drug-likeness (QED) is 0.410. The van der Waals surface area contributed by atoms with E-state index >= 15 is 0 Å². The van der Waals surface area contributed by atoms with E-state index in [1.165, 1.54) is 23.6 Å². The summed E-state index contributed by atoms with van der Waals surface area (Å²) in [6.45, 7) is -0.260. The van der Waals surface area contributed by atoms with Crippen LogP contribution in [0, 0.1) is 10.1 Å². The van der Waals surface area contributed by atoms with Crippen LogP contribution in [-0.2, 0) is 4.79 Å². The fraction of sp³-hybridized carbons (Fsp3) is 0.0714. The van der Waals surface area contributed by atoms with E-state index in [4.69, 9.17) is 0 Å². The molecule has 1 aromatic carbocycles. The summed E-state index contributed by atoms with van der Waals surface area (Å²) in [5, 5.41) is 27.8. The van der Waals surface area contributed by atoms with Gasteiger partial charge >= 0.3 is 5.69 Å². The van der Waals surface area contributed by atoms with Crippen molar-refractivity contribution < 1.29 is 19.6 Å². The molecule has 0 saturated heterocycles. The van der Waals surface area contributed by atoms with Gasteiger partial charge in [0.1, 0.15) is 0 Å². The van der Waals surface area contributed by atoms with Gasteiger partial charge in [0.15, 0.2) is 5.75 Å². The second kappa shape index (κ2) is 7.83. The number of thiophene rings is 1. The van der Waals surface area contributed by atoms with E-state index < -0.39 is 22.3 Å². The fourth-order valence-electron chi connectivity index (χ4n) is 1.64. The highest BCUT2D eigenvalue weighted by Gasteiger charge is 2.13. The first-order valence-electron chi connectivity index (χ1n) is 6.58. The normalized spacial score (nSPS) is 10.5. The molecule has 24 heavy (non-hydrogen) atoms. The number of hydrogen-bond donors (Lipinski definition) is 3. The van der Waals surface area contributed by atoms with Crippen LogP contribution in [0.1, 0.15) is 15.2 Å². The van der Waals surface area contributed by atoms with Crippen LogP contribution in [0.5, 0.6) is 5.75 Å². The Morgan fingerprint density at radius 3 is 2.83 bits per heavy atom. The molecule has 10 heteroatoms. The van der Waals surface area contributed by atoms with Crippen LogP contribution in [0.25, 0.3) is 0 Å². The van der Waals surface area contributed by atoms with Crippen LogP contribution in [0.15, 0.2) is 40.8 Å². The average molecular weight is 348 g/mol. The zero-order valence-electron chi connectivity index (χ0n) is 12.1. The van der Waals surface area contributed by atoms with Gasteiger partial charge in [-0.15, -0.1) is 11.3 Å². The number of carbonyl (C=O) groups excluding carboxylic acids is 2. The molecule has 1 heterocycles. The fourth-order valence-corrected chi connectivity index (χ4v) is 2.28. The number of amides is 2. The van der Waals surface area contributed by atoms with E-state index in [0.29, 0.717) is 10.4 Å². The number of nitrogens with one attached hydrogen (secondary N) is 2. The Hall–Kier alpha value is -3.27. The van der Waals surface area contributed by atoms with Crippen molar-refractivity contribution in [3.8, 4) is 5.75 Å². The van der Waals surface area contributed by atoms with E-state index in [0.717, 1.165) is 12.1 Å². The largest absolute Gasteiger partial charge is 0.502 e. The summed E-state index contributed by atoms with van der Waals surface area (Å²) in [5.74, 6) is -1.37. The number of phenolic OH excluding ortho intramolecular Hbond substituents is 1. The average Bonchev–Trinajstić information content (AvgIpc) is 3.08. The van der Waals surface area contributed by atoms with Gasteiger partial charge in [-0.2, -0.15) is 5.10 Å². The van der Waals surface area contributed by atoms with Gasteiger partial charge in [-0.25, -0.2) is 5.43 Å². The lowest BCUT2D eigenvalue weighted by atomic mass is 10.2. The van der Waals surface area contributed by atoms with Gasteiger partial charge in [0, 0.05) is 11.6 Å². The summed E-state index contributed by atoms with van der Waals surface area (Å²) in [6.07, 6.45) is 1.19. The van der Waals surface area contributed by atoms with Crippen LogP contribution in [-0.4, -0.2) is 34.6 Å². The Morgan fingerprint density at radius 1 is 1.38 bits per heavy atom. The van der Waals surface area contributed by atoms with Gasteiger partial charge in [0.05, 0.1) is 22.6 Å². The molecule has 0 unspecified atom stereocenters. The predicted octanol–water partition coefficient (Wildman–Crippen LogP) is 1.24. The van der Waals surface area contributed by atoms with Gasteiger partial charge in [-0.3, -0.25) is 19.7 Å². The second-order valence-electron chi connectivity index (χ2n) is 4.46. The third-order valence-corrected chi connectivity index (χ3v) is 3.62. The minimum Gasteiger partial charge on any atom is -0.502 e. The molecule has 0 saturated carbocycles. The molecular weight excluding hydrogens is 336 g/mol. The van der Waals surface area contributed by atoms with Crippen LogP contribution in [0.4, 0.5) is 5.69 Å². The topological polar surface area (TPSA) is 134 Å². The molecule has 2 amide bonds. The summed E-state index contributed by atoms with van der Waals surface area (Å²) in [7, 11) is 0. The number of aromatic hydroxyl groups is 1. The van der Waals surface area contributed by atoms with Gasteiger partial charge in [-0.05, 0) is 23.6 Å².